The molecule has 2 nitrogen and oxygen atoms in total. The molecule has 0 aromatic rings. The van der Waals surface area contributed by atoms with Crippen molar-refractivity contribution in [3.05, 3.63) is 0 Å². The Morgan fingerprint density at radius 1 is 0.783 bits per heavy atom. The molecule has 0 amide bonds. The molecule has 0 heterocycles. The quantitative estimate of drug-likeness (QED) is 0.278. The molecule has 0 aliphatic heterocycles. The molecule has 3 heteroatoms. The third-order valence-electron chi connectivity index (χ3n) is 3.77. The highest BCUT2D eigenvalue weighted by Crippen LogP contribution is 2.10. The molecule has 0 fully saturated rings. The van der Waals surface area contributed by atoms with Gasteiger partial charge in [0.1, 0.15) is 0 Å². The highest BCUT2D eigenvalue weighted by molar-refractivity contribution is 6.35. The third kappa shape index (κ3) is 30.5. The van der Waals surface area contributed by atoms with Crippen molar-refractivity contribution in [2.45, 2.75) is 109 Å². The zero-order chi connectivity index (χ0) is 17.9. The van der Waals surface area contributed by atoms with E-state index in [4.69, 9.17) is 5.11 Å². The summed E-state index contributed by atoms with van der Waals surface area (Å²) < 4.78 is 0. The minimum Gasteiger partial charge on any atom is -0.481 e. The SMILES string of the molecule is CC(C)[CH2][Al][CH2]C(C)C.CCCCCCCCCCCC(=O)O. The molecule has 0 aromatic heterocycles. The average Bonchev–Trinajstić information content (AvgIpc) is 2.45. The van der Waals surface area contributed by atoms with Gasteiger partial charge in [-0.2, -0.15) is 0 Å². The van der Waals surface area contributed by atoms with Gasteiger partial charge in [-0.15, -0.1) is 10.6 Å². The highest BCUT2D eigenvalue weighted by Gasteiger charge is 1.98. The zero-order valence-corrected chi connectivity index (χ0v) is 17.7. The molecule has 0 spiro atoms. The molecule has 0 saturated carbocycles. The zero-order valence-electron chi connectivity index (χ0n) is 16.6. The van der Waals surface area contributed by atoms with Crippen LogP contribution in [-0.4, -0.2) is 26.3 Å². The van der Waals surface area contributed by atoms with Crippen molar-refractivity contribution in [1.82, 2.24) is 0 Å². The van der Waals surface area contributed by atoms with Gasteiger partial charge in [0.25, 0.3) is 0 Å². The van der Waals surface area contributed by atoms with E-state index in [1.54, 1.807) is 0 Å². The van der Waals surface area contributed by atoms with E-state index < -0.39 is 5.97 Å². The van der Waals surface area contributed by atoms with E-state index in [0.29, 0.717) is 6.42 Å². The van der Waals surface area contributed by atoms with Crippen LogP contribution >= 0.6 is 0 Å². The largest absolute Gasteiger partial charge is 0.481 e. The van der Waals surface area contributed by atoms with Crippen LogP contribution in [0.5, 0.6) is 0 Å². The van der Waals surface area contributed by atoms with Crippen LogP contribution in [0.3, 0.4) is 0 Å². The molecule has 1 radical (unpaired) electrons. The molecule has 0 bridgehead atoms. The Bertz CT molecular complexity index is 232. The maximum absolute atomic E-state index is 10.2. The molecule has 0 rings (SSSR count). The number of rotatable bonds is 14. The molecule has 0 unspecified atom stereocenters. The Morgan fingerprint density at radius 3 is 1.52 bits per heavy atom. The van der Waals surface area contributed by atoms with Crippen molar-refractivity contribution in [2.75, 3.05) is 0 Å². The van der Waals surface area contributed by atoms with Crippen LogP contribution in [0.1, 0.15) is 98.8 Å². The Kier molecular flexibility index (Phi) is 22.0. The monoisotopic (exact) mass is 341 g/mol. The van der Waals surface area contributed by atoms with Crippen LogP contribution in [-0.2, 0) is 4.79 Å². The minimum absolute atomic E-state index is 0.343. The lowest BCUT2D eigenvalue weighted by molar-refractivity contribution is -0.137. The molecule has 0 aromatic carbocycles. The van der Waals surface area contributed by atoms with Gasteiger partial charge in [0.05, 0.1) is 0 Å². The van der Waals surface area contributed by atoms with Gasteiger partial charge in [0.15, 0.2) is 0 Å². The van der Waals surface area contributed by atoms with E-state index in [2.05, 4.69) is 34.6 Å². The molecule has 0 atom stereocenters. The van der Waals surface area contributed by atoms with Crippen LogP contribution in [0, 0.1) is 11.8 Å². The summed E-state index contributed by atoms with van der Waals surface area (Å²) in [5, 5.41) is 11.4. The second kappa shape index (κ2) is 20.0. The lowest BCUT2D eigenvalue weighted by atomic mass is 10.1. The summed E-state index contributed by atoms with van der Waals surface area (Å²) in [6, 6.07) is 0. The maximum atomic E-state index is 10.2. The molecule has 0 saturated heterocycles. The van der Waals surface area contributed by atoms with Crippen LogP contribution in [0.2, 0.25) is 10.6 Å². The number of carboxylic acid groups (broad SMARTS) is 1. The predicted octanol–water partition coefficient (Wildman–Crippen LogP) is 6.83. The summed E-state index contributed by atoms with van der Waals surface area (Å²) in [7, 11) is 0. The first-order chi connectivity index (χ1) is 10.9. The Hall–Kier alpha value is 0.00247. The molecular weight excluding hydrogens is 299 g/mol. The Balaban J connectivity index is 0. The van der Waals surface area contributed by atoms with Crippen LogP contribution in [0.25, 0.3) is 0 Å². The van der Waals surface area contributed by atoms with Gasteiger partial charge in [0.2, 0.25) is 15.2 Å². The van der Waals surface area contributed by atoms with E-state index in [-0.39, 0.29) is 0 Å². The van der Waals surface area contributed by atoms with Crippen molar-refractivity contribution < 1.29 is 9.90 Å². The second-order valence-electron chi connectivity index (χ2n) is 7.52. The fourth-order valence-electron chi connectivity index (χ4n) is 2.35. The van der Waals surface area contributed by atoms with E-state index >= 15 is 0 Å². The fourth-order valence-corrected chi connectivity index (χ4v) is 3.88. The molecule has 0 aliphatic rings. The van der Waals surface area contributed by atoms with Crippen molar-refractivity contribution in [3.63, 3.8) is 0 Å². The van der Waals surface area contributed by atoms with Crippen LogP contribution in [0.4, 0.5) is 0 Å². The first kappa shape index (κ1) is 25.2. The van der Waals surface area contributed by atoms with Gasteiger partial charge < -0.3 is 5.11 Å². The van der Waals surface area contributed by atoms with Gasteiger partial charge in [-0.3, -0.25) is 4.79 Å². The van der Waals surface area contributed by atoms with Gasteiger partial charge in [-0.05, 0) is 6.42 Å². The highest BCUT2D eigenvalue weighted by atomic mass is 27.1. The van der Waals surface area contributed by atoms with Crippen LogP contribution in [0.15, 0.2) is 0 Å². The number of carbonyl (C=O) groups is 1. The summed E-state index contributed by atoms with van der Waals surface area (Å²) in [4.78, 5) is 10.2. The lowest BCUT2D eigenvalue weighted by Crippen LogP contribution is -1.99. The van der Waals surface area contributed by atoms with E-state index in [0.717, 1.165) is 39.9 Å². The molecular formula is C20H42AlO2. The minimum atomic E-state index is -0.659. The number of aliphatic carboxylic acids is 1. The summed E-state index contributed by atoms with van der Waals surface area (Å²) in [5.41, 5.74) is 0. The Morgan fingerprint density at radius 2 is 1.17 bits per heavy atom. The van der Waals surface area contributed by atoms with Gasteiger partial charge >= 0.3 is 5.97 Å². The fraction of sp³-hybridized carbons (Fsp3) is 0.950. The smallest absolute Gasteiger partial charge is 0.303 e. The number of hydrogen-bond acceptors (Lipinski definition) is 1. The number of carboxylic acids is 1. The maximum Gasteiger partial charge on any atom is 0.303 e. The Labute approximate surface area is 152 Å². The summed E-state index contributed by atoms with van der Waals surface area (Å²) in [6.45, 7) is 11.5. The number of hydrogen-bond donors (Lipinski definition) is 1. The van der Waals surface area contributed by atoms with Crippen molar-refractivity contribution in [3.8, 4) is 0 Å². The van der Waals surface area contributed by atoms with Crippen molar-refractivity contribution in [1.29, 1.82) is 0 Å². The van der Waals surface area contributed by atoms with Crippen molar-refractivity contribution in [2.24, 2.45) is 11.8 Å². The van der Waals surface area contributed by atoms with Crippen molar-refractivity contribution >= 4 is 21.2 Å². The van der Waals surface area contributed by atoms with E-state index in [9.17, 15) is 4.79 Å². The standard InChI is InChI=1S/C12H24O2.2C4H9.Al/c1-2-3-4-5-6-7-8-9-10-11-12(13)14;2*1-4(2)3;/h2-11H2,1H3,(H,13,14);2*4H,1H2,2-3H3;. The third-order valence-corrected chi connectivity index (χ3v) is 6.32. The predicted molar refractivity (Wildman–Crippen MR) is 105 cm³/mol. The van der Waals surface area contributed by atoms with E-state index in [1.165, 1.54) is 55.5 Å². The molecule has 23 heavy (non-hydrogen) atoms. The van der Waals surface area contributed by atoms with Gasteiger partial charge in [0, 0.05) is 6.42 Å². The molecule has 137 valence electrons. The van der Waals surface area contributed by atoms with E-state index in [1.807, 2.05) is 0 Å². The van der Waals surface area contributed by atoms with Crippen LogP contribution < -0.4 is 0 Å². The average molecular weight is 342 g/mol. The number of unbranched alkanes of at least 4 members (excludes halogenated alkanes) is 8. The first-order valence-corrected chi connectivity index (χ1v) is 11.6. The molecule has 0 aliphatic carbocycles. The topological polar surface area (TPSA) is 37.3 Å². The normalized spacial score (nSPS) is 10.6. The lowest BCUT2D eigenvalue weighted by Gasteiger charge is -2.03. The molecule has 1 N–H and O–H groups in total. The first-order valence-electron chi connectivity index (χ1n) is 9.93. The summed E-state index contributed by atoms with van der Waals surface area (Å²) in [6.07, 6.45) is 11.5. The summed E-state index contributed by atoms with van der Waals surface area (Å²) in [5.74, 6) is 1.20. The van der Waals surface area contributed by atoms with Gasteiger partial charge in [-0.1, -0.05) is 97.8 Å². The second-order valence-corrected chi connectivity index (χ2v) is 9.04. The van der Waals surface area contributed by atoms with Gasteiger partial charge in [-0.25, -0.2) is 0 Å². The summed E-state index contributed by atoms with van der Waals surface area (Å²) >= 11 is 0.755.